The molecule has 0 saturated carbocycles. The summed E-state index contributed by atoms with van der Waals surface area (Å²) in [5.74, 6) is 0.722. The molecule has 0 bridgehead atoms. The second-order valence-corrected chi connectivity index (χ2v) is 5.27. The van der Waals surface area contributed by atoms with E-state index in [4.69, 9.17) is 5.73 Å². The summed E-state index contributed by atoms with van der Waals surface area (Å²) < 4.78 is 13.6. The highest BCUT2D eigenvalue weighted by Gasteiger charge is 2.06. The van der Waals surface area contributed by atoms with Crippen LogP contribution in [0.15, 0.2) is 23.1 Å². The van der Waals surface area contributed by atoms with Gasteiger partial charge in [-0.25, -0.2) is 4.39 Å². The summed E-state index contributed by atoms with van der Waals surface area (Å²) in [4.78, 5) is 2.78. The van der Waals surface area contributed by atoms with E-state index < -0.39 is 0 Å². The van der Waals surface area contributed by atoms with Gasteiger partial charge in [-0.15, -0.1) is 11.8 Å². The Morgan fingerprint density at radius 1 is 1.44 bits per heavy atom. The predicted octanol–water partition coefficient (Wildman–Crippen LogP) is 2.50. The van der Waals surface area contributed by atoms with Crippen molar-refractivity contribution in [3.8, 4) is 0 Å². The first-order valence-electron chi connectivity index (χ1n) is 5.33. The standard InChI is InChI=1S/C12H19FN2S/c1-9(14)10-4-5-12(11(13)8-10)16-7-6-15(2)3/h4-5,8-9H,6-7,14H2,1-3H3/t9-/m0/s1. The van der Waals surface area contributed by atoms with Gasteiger partial charge < -0.3 is 10.6 Å². The molecule has 0 aliphatic heterocycles. The minimum Gasteiger partial charge on any atom is -0.324 e. The van der Waals surface area contributed by atoms with Gasteiger partial charge >= 0.3 is 0 Å². The number of rotatable bonds is 5. The van der Waals surface area contributed by atoms with E-state index in [0.717, 1.165) is 17.9 Å². The van der Waals surface area contributed by atoms with E-state index in [2.05, 4.69) is 4.90 Å². The lowest BCUT2D eigenvalue weighted by atomic mass is 10.1. The third kappa shape index (κ3) is 4.12. The summed E-state index contributed by atoms with van der Waals surface area (Å²) in [5, 5.41) is 0. The lowest BCUT2D eigenvalue weighted by Crippen LogP contribution is -2.14. The lowest BCUT2D eigenvalue weighted by molar-refractivity contribution is 0.437. The minimum atomic E-state index is -0.168. The zero-order valence-electron chi connectivity index (χ0n) is 10.0. The van der Waals surface area contributed by atoms with Crippen LogP contribution in [0.4, 0.5) is 4.39 Å². The van der Waals surface area contributed by atoms with E-state index in [1.54, 1.807) is 0 Å². The highest BCUT2D eigenvalue weighted by Crippen LogP contribution is 2.24. The van der Waals surface area contributed by atoms with Crippen LogP contribution in [0.25, 0.3) is 0 Å². The fourth-order valence-electron chi connectivity index (χ4n) is 1.26. The van der Waals surface area contributed by atoms with Crippen molar-refractivity contribution in [1.82, 2.24) is 4.90 Å². The lowest BCUT2D eigenvalue weighted by Gasteiger charge is -2.10. The van der Waals surface area contributed by atoms with Crippen molar-refractivity contribution in [3.63, 3.8) is 0 Å². The summed E-state index contributed by atoms with van der Waals surface area (Å²) in [6.45, 7) is 2.80. The van der Waals surface area contributed by atoms with Gasteiger partial charge in [0.1, 0.15) is 5.82 Å². The quantitative estimate of drug-likeness (QED) is 0.804. The van der Waals surface area contributed by atoms with Crippen LogP contribution in [0.1, 0.15) is 18.5 Å². The normalized spacial score (nSPS) is 13.1. The summed E-state index contributed by atoms with van der Waals surface area (Å²) in [7, 11) is 4.02. The molecule has 0 unspecified atom stereocenters. The third-order valence-electron chi connectivity index (χ3n) is 2.28. The number of nitrogens with zero attached hydrogens (tertiary/aromatic N) is 1. The van der Waals surface area contributed by atoms with Gasteiger partial charge in [0.25, 0.3) is 0 Å². The average Bonchev–Trinajstić information content (AvgIpc) is 2.19. The Morgan fingerprint density at radius 2 is 2.12 bits per heavy atom. The van der Waals surface area contributed by atoms with Crippen LogP contribution < -0.4 is 5.73 Å². The van der Waals surface area contributed by atoms with Gasteiger partial charge in [-0.05, 0) is 38.7 Å². The van der Waals surface area contributed by atoms with Crippen LogP contribution in [0.3, 0.4) is 0 Å². The molecule has 0 radical (unpaired) electrons. The highest BCUT2D eigenvalue weighted by molar-refractivity contribution is 7.99. The van der Waals surface area contributed by atoms with Crippen LogP contribution in [-0.4, -0.2) is 31.3 Å². The largest absolute Gasteiger partial charge is 0.324 e. The van der Waals surface area contributed by atoms with Crippen molar-refractivity contribution in [3.05, 3.63) is 29.6 Å². The van der Waals surface area contributed by atoms with E-state index in [1.807, 2.05) is 33.2 Å². The first-order valence-corrected chi connectivity index (χ1v) is 6.32. The van der Waals surface area contributed by atoms with E-state index in [-0.39, 0.29) is 11.9 Å². The molecule has 0 aliphatic carbocycles. The maximum atomic E-state index is 13.6. The van der Waals surface area contributed by atoms with Gasteiger partial charge in [0, 0.05) is 23.2 Å². The Hall–Kier alpha value is -0.580. The molecule has 2 N–H and O–H groups in total. The van der Waals surface area contributed by atoms with E-state index in [0.29, 0.717) is 4.90 Å². The Balaban J connectivity index is 2.61. The number of nitrogens with two attached hydrogens (primary N) is 1. The van der Waals surface area contributed by atoms with Gasteiger partial charge in [-0.1, -0.05) is 6.07 Å². The number of hydrogen-bond donors (Lipinski definition) is 1. The molecule has 90 valence electrons. The smallest absolute Gasteiger partial charge is 0.137 e. The van der Waals surface area contributed by atoms with E-state index in [1.165, 1.54) is 17.8 Å². The molecule has 4 heteroatoms. The van der Waals surface area contributed by atoms with E-state index >= 15 is 0 Å². The SMILES string of the molecule is C[C@H](N)c1ccc(SCCN(C)C)c(F)c1. The summed E-state index contributed by atoms with van der Waals surface area (Å²) >= 11 is 1.54. The molecular formula is C12H19FN2S. The maximum absolute atomic E-state index is 13.6. The molecule has 2 nitrogen and oxygen atoms in total. The van der Waals surface area contributed by atoms with Gasteiger partial charge in [0.15, 0.2) is 0 Å². The molecular weight excluding hydrogens is 223 g/mol. The van der Waals surface area contributed by atoms with E-state index in [9.17, 15) is 4.39 Å². The number of thioether (sulfide) groups is 1. The van der Waals surface area contributed by atoms with Crippen molar-refractivity contribution in [1.29, 1.82) is 0 Å². The molecule has 0 amide bonds. The Kier molecular flexibility index (Phi) is 5.25. The zero-order chi connectivity index (χ0) is 12.1. The Bertz CT molecular complexity index is 340. The zero-order valence-corrected chi connectivity index (χ0v) is 10.9. The Morgan fingerprint density at radius 3 is 2.62 bits per heavy atom. The van der Waals surface area contributed by atoms with Crippen molar-refractivity contribution in [2.75, 3.05) is 26.4 Å². The van der Waals surface area contributed by atoms with Crippen LogP contribution in [0.5, 0.6) is 0 Å². The average molecular weight is 242 g/mol. The molecule has 0 fully saturated rings. The maximum Gasteiger partial charge on any atom is 0.137 e. The van der Waals surface area contributed by atoms with Crippen molar-refractivity contribution in [2.24, 2.45) is 5.73 Å². The molecule has 0 spiro atoms. The van der Waals surface area contributed by atoms with Crippen molar-refractivity contribution >= 4 is 11.8 Å². The Labute approximate surface area is 101 Å². The number of benzene rings is 1. The number of hydrogen-bond acceptors (Lipinski definition) is 3. The number of halogens is 1. The fourth-order valence-corrected chi connectivity index (χ4v) is 2.29. The fraction of sp³-hybridized carbons (Fsp3) is 0.500. The molecule has 0 aromatic heterocycles. The van der Waals surface area contributed by atoms with Crippen molar-refractivity contribution in [2.45, 2.75) is 17.9 Å². The molecule has 0 aliphatic rings. The topological polar surface area (TPSA) is 29.3 Å². The van der Waals surface area contributed by atoms with Gasteiger partial charge in [-0.3, -0.25) is 0 Å². The molecule has 16 heavy (non-hydrogen) atoms. The summed E-state index contributed by atoms with van der Waals surface area (Å²) in [6, 6.07) is 5.12. The minimum absolute atomic E-state index is 0.115. The van der Waals surface area contributed by atoms with Gasteiger partial charge in [-0.2, -0.15) is 0 Å². The first-order chi connectivity index (χ1) is 7.50. The first kappa shape index (κ1) is 13.5. The second-order valence-electron chi connectivity index (χ2n) is 4.13. The van der Waals surface area contributed by atoms with Crippen LogP contribution in [0.2, 0.25) is 0 Å². The molecule has 0 saturated heterocycles. The van der Waals surface area contributed by atoms with Gasteiger partial charge in [0.05, 0.1) is 0 Å². The third-order valence-corrected chi connectivity index (χ3v) is 3.31. The molecule has 1 rings (SSSR count). The van der Waals surface area contributed by atoms with Crippen LogP contribution >= 0.6 is 11.8 Å². The highest BCUT2D eigenvalue weighted by atomic mass is 32.2. The van der Waals surface area contributed by atoms with Gasteiger partial charge in [0.2, 0.25) is 0 Å². The molecule has 0 heterocycles. The summed E-state index contributed by atoms with van der Waals surface area (Å²) in [5.41, 5.74) is 6.53. The molecule has 1 aromatic rings. The molecule has 1 atom stereocenters. The van der Waals surface area contributed by atoms with Crippen LogP contribution in [0, 0.1) is 5.82 Å². The second kappa shape index (κ2) is 6.23. The predicted molar refractivity (Wildman–Crippen MR) is 68.3 cm³/mol. The summed E-state index contributed by atoms with van der Waals surface area (Å²) in [6.07, 6.45) is 0. The van der Waals surface area contributed by atoms with Crippen LogP contribution in [-0.2, 0) is 0 Å². The van der Waals surface area contributed by atoms with Crippen molar-refractivity contribution < 1.29 is 4.39 Å². The monoisotopic (exact) mass is 242 g/mol. The molecule has 1 aromatic carbocycles.